The van der Waals surface area contributed by atoms with Crippen LogP contribution in [-0.4, -0.2) is 11.4 Å². The van der Waals surface area contributed by atoms with Crippen molar-refractivity contribution in [3.05, 3.63) is 213 Å². The van der Waals surface area contributed by atoms with E-state index in [1.807, 2.05) is 121 Å². The maximum atomic E-state index is 6.60. The highest BCUT2D eigenvalue weighted by molar-refractivity contribution is 6.31. The summed E-state index contributed by atoms with van der Waals surface area (Å²) in [6, 6.07) is 56.3. The van der Waals surface area contributed by atoms with Crippen LogP contribution in [0.4, 0.5) is 0 Å². The lowest BCUT2D eigenvalue weighted by atomic mass is 9.99. The molecule has 0 spiro atoms. The van der Waals surface area contributed by atoms with E-state index < -0.39 is 0 Å². The Bertz CT molecular complexity index is 1720. The summed E-state index contributed by atoms with van der Waals surface area (Å²) in [5.41, 5.74) is 8.58. The summed E-state index contributed by atoms with van der Waals surface area (Å²) >= 11 is 13.2. The molecule has 0 aromatic heterocycles. The highest BCUT2D eigenvalue weighted by atomic mass is 35.5. The third-order valence-corrected chi connectivity index (χ3v) is 7.53. The zero-order valence-electron chi connectivity index (χ0n) is 23.8. The Kier molecular flexibility index (Phi) is 9.23. The maximum Gasteiger partial charge on any atom is 0.0973 e. The molecule has 0 radical (unpaired) electrons. The summed E-state index contributed by atoms with van der Waals surface area (Å²) in [7, 11) is 0. The molecule has 0 fully saturated rings. The third-order valence-electron chi connectivity index (χ3n) is 7.06. The fraction of sp³-hybridized carbons (Fsp3) is 0. The Hall–Kier alpha value is -5.02. The van der Waals surface area contributed by atoms with Gasteiger partial charge in [-0.3, -0.25) is 0 Å². The second kappa shape index (κ2) is 14.0. The Morgan fingerprint density at radius 2 is 0.591 bits per heavy atom. The van der Waals surface area contributed by atoms with Gasteiger partial charge in [0, 0.05) is 43.4 Å². The lowest BCUT2D eigenvalue weighted by Gasteiger charge is -2.16. The van der Waals surface area contributed by atoms with E-state index in [9.17, 15) is 0 Å². The first kappa shape index (κ1) is 29.1. The van der Waals surface area contributed by atoms with Gasteiger partial charge in [-0.25, -0.2) is 9.98 Å². The Morgan fingerprint density at radius 3 is 0.864 bits per heavy atom. The van der Waals surface area contributed by atoms with Crippen molar-refractivity contribution in [2.24, 2.45) is 9.98 Å². The summed E-state index contributed by atoms with van der Waals surface area (Å²) in [6.07, 6.45) is 0. The minimum atomic E-state index is 0.608. The smallest absolute Gasteiger partial charge is 0.0973 e. The van der Waals surface area contributed by atoms with Gasteiger partial charge in [0.2, 0.25) is 0 Å². The van der Waals surface area contributed by atoms with Gasteiger partial charge in [0.1, 0.15) is 0 Å². The molecule has 0 N–H and O–H groups in total. The van der Waals surface area contributed by atoms with Crippen LogP contribution in [0.1, 0.15) is 33.4 Å². The molecule has 0 bridgehead atoms. The average molecular weight is 608 g/mol. The fourth-order valence-corrected chi connectivity index (χ4v) is 5.36. The summed E-state index contributed by atoms with van der Waals surface area (Å²) in [5.74, 6) is 0. The Morgan fingerprint density at radius 1 is 0.318 bits per heavy atom. The van der Waals surface area contributed by atoms with Crippen LogP contribution in [0.25, 0.3) is 11.4 Å². The molecular formula is C40H28Cl2N2. The van der Waals surface area contributed by atoms with E-state index in [0.29, 0.717) is 21.4 Å². The van der Waals surface area contributed by atoms with Crippen LogP contribution >= 0.6 is 23.2 Å². The number of benzene rings is 6. The third kappa shape index (κ3) is 6.95. The molecule has 0 aliphatic carbocycles. The van der Waals surface area contributed by atoms with Gasteiger partial charge in [0.05, 0.1) is 22.8 Å². The van der Waals surface area contributed by atoms with E-state index in [1.165, 1.54) is 0 Å². The predicted octanol–water partition coefficient (Wildman–Crippen LogP) is 10.9. The van der Waals surface area contributed by atoms with Crippen LogP contribution in [0.3, 0.4) is 0 Å². The van der Waals surface area contributed by atoms with Gasteiger partial charge >= 0.3 is 0 Å². The lowest BCUT2D eigenvalue weighted by molar-refractivity contribution is 1.41. The van der Waals surface area contributed by atoms with E-state index in [1.54, 1.807) is 0 Å². The van der Waals surface area contributed by atoms with Crippen LogP contribution in [0, 0.1) is 0 Å². The molecule has 0 atom stereocenters. The zero-order chi connectivity index (χ0) is 30.1. The number of nitrogens with zero attached hydrogens (tertiary/aromatic N) is 2. The SMILES string of the molecule is Clc1cccc(/C(N=C(c2ccccc2)c2ccccc2)=C(\N=C(c2ccccc2)c2ccccc2)c2cccc(Cl)c2)c1. The van der Waals surface area contributed by atoms with Crippen molar-refractivity contribution in [3.8, 4) is 0 Å². The van der Waals surface area contributed by atoms with Crippen LogP contribution in [0.15, 0.2) is 180 Å². The van der Waals surface area contributed by atoms with Crippen molar-refractivity contribution < 1.29 is 0 Å². The first-order valence-electron chi connectivity index (χ1n) is 14.3. The van der Waals surface area contributed by atoms with Gasteiger partial charge in [-0.15, -0.1) is 0 Å². The Balaban J connectivity index is 1.75. The molecular weight excluding hydrogens is 579 g/mol. The van der Waals surface area contributed by atoms with Crippen molar-refractivity contribution in [1.82, 2.24) is 0 Å². The summed E-state index contributed by atoms with van der Waals surface area (Å²) in [4.78, 5) is 10.9. The molecule has 6 aromatic carbocycles. The van der Waals surface area contributed by atoms with E-state index in [4.69, 9.17) is 33.2 Å². The zero-order valence-corrected chi connectivity index (χ0v) is 25.3. The van der Waals surface area contributed by atoms with E-state index >= 15 is 0 Å². The lowest BCUT2D eigenvalue weighted by Crippen LogP contribution is -2.06. The minimum absolute atomic E-state index is 0.608. The van der Waals surface area contributed by atoms with Gasteiger partial charge in [0.25, 0.3) is 0 Å². The van der Waals surface area contributed by atoms with Gasteiger partial charge in [0.15, 0.2) is 0 Å². The molecule has 0 unspecified atom stereocenters. The average Bonchev–Trinajstić information content (AvgIpc) is 3.08. The number of hydrogen-bond acceptors (Lipinski definition) is 2. The summed E-state index contributed by atoms with van der Waals surface area (Å²) in [6.45, 7) is 0. The molecule has 212 valence electrons. The monoisotopic (exact) mass is 606 g/mol. The Labute approximate surface area is 268 Å². The number of rotatable bonds is 8. The molecule has 0 saturated carbocycles. The highest BCUT2D eigenvalue weighted by Crippen LogP contribution is 2.34. The summed E-state index contributed by atoms with van der Waals surface area (Å²) < 4.78 is 0. The molecule has 0 aliphatic rings. The van der Waals surface area contributed by atoms with Crippen molar-refractivity contribution in [3.63, 3.8) is 0 Å². The molecule has 0 saturated heterocycles. The van der Waals surface area contributed by atoms with Gasteiger partial charge in [-0.05, 0) is 24.3 Å². The minimum Gasteiger partial charge on any atom is -0.245 e. The summed E-state index contributed by atoms with van der Waals surface area (Å²) in [5, 5.41) is 1.22. The maximum absolute atomic E-state index is 6.60. The van der Waals surface area contributed by atoms with Gasteiger partial charge in [-0.1, -0.05) is 169 Å². The largest absolute Gasteiger partial charge is 0.245 e. The number of hydrogen-bond donors (Lipinski definition) is 0. The predicted molar refractivity (Wildman–Crippen MR) is 187 cm³/mol. The van der Waals surface area contributed by atoms with Crippen LogP contribution in [0.2, 0.25) is 10.0 Å². The molecule has 4 heteroatoms. The molecule has 0 amide bonds. The molecule has 6 rings (SSSR count). The first-order valence-corrected chi connectivity index (χ1v) is 15.1. The molecule has 0 heterocycles. The van der Waals surface area contributed by atoms with E-state index in [2.05, 4.69) is 48.5 Å². The number of halogens is 2. The van der Waals surface area contributed by atoms with Gasteiger partial charge < -0.3 is 0 Å². The normalized spacial score (nSPS) is 11.3. The molecule has 2 nitrogen and oxygen atoms in total. The standard InChI is InChI=1S/C40H28Cl2N2/c41-35-25-13-23-33(27-35)39(43-37(29-15-5-1-6-16-29)30-17-7-2-8-18-30)40(34-24-14-26-36(42)28-34)44-38(31-19-9-3-10-20-31)32-21-11-4-12-22-32/h1-28H/b40-39+. The van der Waals surface area contributed by atoms with E-state index in [-0.39, 0.29) is 0 Å². The first-order chi connectivity index (χ1) is 21.7. The molecule has 0 aliphatic heterocycles. The van der Waals surface area contributed by atoms with Crippen molar-refractivity contribution in [1.29, 1.82) is 0 Å². The van der Waals surface area contributed by atoms with Crippen LogP contribution in [0.5, 0.6) is 0 Å². The fourth-order valence-electron chi connectivity index (χ4n) is 4.98. The molecule has 6 aromatic rings. The van der Waals surface area contributed by atoms with Crippen molar-refractivity contribution in [2.75, 3.05) is 0 Å². The highest BCUT2D eigenvalue weighted by Gasteiger charge is 2.18. The van der Waals surface area contributed by atoms with Gasteiger partial charge in [-0.2, -0.15) is 0 Å². The second-order valence-corrected chi connectivity index (χ2v) is 11.0. The second-order valence-electron chi connectivity index (χ2n) is 10.1. The van der Waals surface area contributed by atoms with Crippen LogP contribution in [-0.2, 0) is 0 Å². The molecule has 44 heavy (non-hydrogen) atoms. The topological polar surface area (TPSA) is 24.7 Å². The quantitative estimate of drug-likeness (QED) is 0.122. The van der Waals surface area contributed by atoms with Crippen molar-refractivity contribution >= 4 is 46.0 Å². The van der Waals surface area contributed by atoms with E-state index in [0.717, 1.165) is 44.8 Å². The van der Waals surface area contributed by atoms with Crippen LogP contribution < -0.4 is 0 Å². The van der Waals surface area contributed by atoms with Crippen molar-refractivity contribution in [2.45, 2.75) is 0 Å². The number of aliphatic imine (C=N–C) groups is 2.